The lowest BCUT2D eigenvalue weighted by Gasteiger charge is -2.40. The van der Waals surface area contributed by atoms with Crippen LogP contribution in [0.5, 0.6) is 5.75 Å². The molecular weight excluding hydrogens is 336 g/mol. The highest BCUT2D eigenvalue weighted by Crippen LogP contribution is 2.15. The molecule has 0 saturated carbocycles. The first-order valence-electron chi connectivity index (χ1n) is 9.84. The number of ether oxygens (including phenoxy) is 1. The second-order valence-corrected chi connectivity index (χ2v) is 7.31. The Morgan fingerprint density at radius 3 is 2.37 bits per heavy atom. The van der Waals surface area contributed by atoms with Gasteiger partial charge in [-0.25, -0.2) is 0 Å². The molecule has 2 aromatic carbocycles. The third-order valence-corrected chi connectivity index (χ3v) is 5.43. The van der Waals surface area contributed by atoms with E-state index < -0.39 is 0 Å². The molecule has 0 spiro atoms. The lowest BCUT2D eigenvalue weighted by atomic mass is 10.1. The highest BCUT2D eigenvalue weighted by molar-refractivity contribution is 5.76. The van der Waals surface area contributed by atoms with Gasteiger partial charge in [-0.05, 0) is 43.0 Å². The van der Waals surface area contributed by atoms with Gasteiger partial charge in [-0.3, -0.25) is 9.69 Å². The van der Waals surface area contributed by atoms with Crippen molar-refractivity contribution in [2.24, 2.45) is 0 Å². The molecule has 1 amide bonds. The first kappa shape index (κ1) is 19.4. The molecule has 0 N–H and O–H groups in total. The Labute approximate surface area is 162 Å². The summed E-state index contributed by atoms with van der Waals surface area (Å²) in [4.78, 5) is 17.1. The van der Waals surface area contributed by atoms with E-state index in [1.165, 1.54) is 11.1 Å². The Balaban J connectivity index is 1.43. The van der Waals surface area contributed by atoms with Gasteiger partial charge in [0.2, 0.25) is 5.91 Å². The van der Waals surface area contributed by atoms with Crippen molar-refractivity contribution in [3.05, 3.63) is 65.7 Å². The van der Waals surface area contributed by atoms with Crippen LogP contribution in [0.3, 0.4) is 0 Å². The average Bonchev–Trinajstić information content (AvgIpc) is 2.72. The second kappa shape index (κ2) is 9.56. The van der Waals surface area contributed by atoms with Crippen LogP contribution in [0.15, 0.2) is 54.6 Å². The number of nitrogens with zero attached hydrogens (tertiary/aromatic N) is 2. The Hall–Kier alpha value is -2.33. The van der Waals surface area contributed by atoms with Crippen LogP contribution in [-0.2, 0) is 17.6 Å². The molecule has 27 heavy (non-hydrogen) atoms. The molecule has 1 unspecified atom stereocenters. The van der Waals surface area contributed by atoms with Crippen LogP contribution in [0, 0.1) is 0 Å². The van der Waals surface area contributed by atoms with Gasteiger partial charge in [0.15, 0.2) is 0 Å². The van der Waals surface area contributed by atoms with Crippen LogP contribution < -0.4 is 4.74 Å². The molecular formula is C23H30N2O2. The minimum absolute atomic E-state index is 0.264. The third kappa shape index (κ3) is 5.57. The molecule has 1 heterocycles. The summed E-state index contributed by atoms with van der Waals surface area (Å²) in [6.07, 6.45) is 2.42. The fourth-order valence-corrected chi connectivity index (χ4v) is 3.67. The zero-order valence-electron chi connectivity index (χ0n) is 16.4. The Kier molecular flexibility index (Phi) is 6.88. The summed E-state index contributed by atoms with van der Waals surface area (Å²) >= 11 is 0. The van der Waals surface area contributed by atoms with E-state index in [0.717, 1.165) is 44.8 Å². The molecule has 1 aliphatic rings. The molecule has 4 nitrogen and oxygen atoms in total. The SMILES string of the molecule is COc1ccc(CCC(=O)N2CCN(CCc3ccccc3)C(C)C2)cc1. The Morgan fingerprint density at radius 2 is 1.70 bits per heavy atom. The van der Waals surface area contributed by atoms with Crippen molar-refractivity contribution >= 4 is 5.91 Å². The van der Waals surface area contributed by atoms with Crippen molar-refractivity contribution in [1.29, 1.82) is 0 Å². The molecule has 144 valence electrons. The molecule has 1 saturated heterocycles. The number of benzene rings is 2. The van der Waals surface area contributed by atoms with Crippen molar-refractivity contribution in [1.82, 2.24) is 9.80 Å². The van der Waals surface area contributed by atoms with Crippen LogP contribution in [0.2, 0.25) is 0 Å². The molecule has 3 rings (SSSR count). The smallest absolute Gasteiger partial charge is 0.222 e. The summed E-state index contributed by atoms with van der Waals surface area (Å²) in [6, 6.07) is 19.0. The normalized spacial score (nSPS) is 17.7. The van der Waals surface area contributed by atoms with Crippen LogP contribution in [0.25, 0.3) is 0 Å². The fraction of sp³-hybridized carbons (Fsp3) is 0.435. The van der Waals surface area contributed by atoms with Crippen LogP contribution in [-0.4, -0.2) is 55.0 Å². The van der Waals surface area contributed by atoms with E-state index in [9.17, 15) is 4.79 Å². The highest BCUT2D eigenvalue weighted by Gasteiger charge is 2.26. The predicted octanol–water partition coefficient (Wildman–Crippen LogP) is 3.40. The summed E-state index contributed by atoms with van der Waals surface area (Å²) in [5.41, 5.74) is 2.56. The van der Waals surface area contributed by atoms with E-state index in [1.807, 2.05) is 29.2 Å². The highest BCUT2D eigenvalue weighted by atomic mass is 16.5. The maximum atomic E-state index is 12.6. The number of aryl methyl sites for hydroxylation is 1. The summed E-state index contributed by atoms with van der Waals surface area (Å²) in [5, 5.41) is 0. The molecule has 1 aliphatic heterocycles. The first-order chi connectivity index (χ1) is 13.2. The molecule has 1 fully saturated rings. The summed E-state index contributed by atoms with van der Waals surface area (Å²) in [7, 11) is 1.67. The number of carbonyl (C=O) groups excluding carboxylic acids is 1. The third-order valence-electron chi connectivity index (χ3n) is 5.43. The van der Waals surface area contributed by atoms with Crippen molar-refractivity contribution in [2.75, 3.05) is 33.3 Å². The monoisotopic (exact) mass is 366 g/mol. The van der Waals surface area contributed by atoms with E-state index in [2.05, 4.69) is 42.2 Å². The number of amides is 1. The van der Waals surface area contributed by atoms with E-state index in [-0.39, 0.29) is 5.91 Å². The van der Waals surface area contributed by atoms with E-state index in [0.29, 0.717) is 12.5 Å². The Morgan fingerprint density at radius 1 is 1.00 bits per heavy atom. The van der Waals surface area contributed by atoms with E-state index >= 15 is 0 Å². The summed E-state index contributed by atoms with van der Waals surface area (Å²) in [5.74, 6) is 1.12. The zero-order chi connectivity index (χ0) is 19.1. The fourth-order valence-electron chi connectivity index (χ4n) is 3.67. The number of piperazine rings is 1. The van der Waals surface area contributed by atoms with Gasteiger partial charge in [-0.2, -0.15) is 0 Å². The van der Waals surface area contributed by atoms with Gasteiger partial charge in [-0.1, -0.05) is 42.5 Å². The number of hydrogen-bond donors (Lipinski definition) is 0. The van der Waals surface area contributed by atoms with Crippen molar-refractivity contribution in [2.45, 2.75) is 32.2 Å². The topological polar surface area (TPSA) is 32.8 Å². The lowest BCUT2D eigenvalue weighted by molar-refractivity contribution is -0.134. The molecule has 0 bridgehead atoms. The van der Waals surface area contributed by atoms with Gasteiger partial charge in [0, 0.05) is 38.6 Å². The van der Waals surface area contributed by atoms with E-state index in [1.54, 1.807) is 7.11 Å². The van der Waals surface area contributed by atoms with Gasteiger partial charge in [0.25, 0.3) is 0 Å². The number of methoxy groups -OCH3 is 1. The first-order valence-corrected chi connectivity index (χ1v) is 9.84. The van der Waals surface area contributed by atoms with Crippen LogP contribution in [0.1, 0.15) is 24.5 Å². The number of rotatable bonds is 7. The largest absolute Gasteiger partial charge is 0.497 e. The van der Waals surface area contributed by atoms with Gasteiger partial charge in [0.05, 0.1) is 7.11 Å². The molecule has 0 aliphatic carbocycles. The van der Waals surface area contributed by atoms with Crippen molar-refractivity contribution in [3.8, 4) is 5.75 Å². The molecule has 1 atom stereocenters. The van der Waals surface area contributed by atoms with Gasteiger partial charge >= 0.3 is 0 Å². The minimum Gasteiger partial charge on any atom is -0.497 e. The van der Waals surface area contributed by atoms with Crippen LogP contribution >= 0.6 is 0 Å². The number of hydrogen-bond acceptors (Lipinski definition) is 3. The Bertz CT molecular complexity index is 715. The second-order valence-electron chi connectivity index (χ2n) is 7.31. The summed E-state index contributed by atoms with van der Waals surface area (Å²) in [6.45, 7) is 5.91. The standard InChI is InChI=1S/C23H30N2O2/c1-19-18-25(17-16-24(19)15-14-20-6-4-3-5-7-20)23(26)13-10-21-8-11-22(27-2)12-9-21/h3-9,11-12,19H,10,13-18H2,1-2H3. The van der Waals surface area contributed by atoms with Gasteiger partial charge < -0.3 is 9.64 Å². The van der Waals surface area contributed by atoms with Crippen LogP contribution in [0.4, 0.5) is 0 Å². The van der Waals surface area contributed by atoms with E-state index in [4.69, 9.17) is 4.74 Å². The maximum Gasteiger partial charge on any atom is 0.222 e. The lowest BCUT2D eigenvalue weighted by Crippen LogP contribution is -2.54. The van der Waals surface area contributed by atoms with Gasteiger partial charge in [-0.15, -0.1) is 0 Å². The molecule has 2 aromatic rings. The minimum atomic E-state index is 0.264. The molecule has 0 aromatic heterocycles. The molecule has 4 heteroatoms. The van der Waals surface area contributed by atoms with Crippen molar-refractivity contribution in [3.63, 3.8) is 0 Å². The average molecular weight is 367 g/mol. The number of carbonyl (C=O) groups is 1. The molecule has 0 radical (unpaired) electrons. The summed E-state index contributed by atoms with van der Waals surface area (Å²) < 4.78 is 5.18. The predicted molar refractivity (Wildman–Crippen MR) is 109 cm³/mol. The van der Waals surface area contributed by atoms with Gasteiger partial charge in [0.1, 0.15) is 5.75 Å². The maximum absolute atomic E-state index is 12.6. The quantitative estimate of drug-likeness (QED) is 0.753. The van der Waals surface area contributed by atoms with Crippen molar-refractivity contribution < 1.29 is 9.53 Å². The zero-order valence-corrected chi connectivity index (χ0v) is 16.4.